The molecule has 2 aliphatic heterocycles. The zero-order valence-corrected chi connectivity index (χ0v) is 21.2. The zero-order chi connectivity index (χ0) is 24.6. The van der Waals surface area contributed by atoms with Crippen molar-refractivity contribution in [1.82, 2.24) is 0 Å². The summed E-state index contributed by atoms with van der Waals surface area (Å²) in [4.78, 5) is 29.9. The first-order chi connectivity index (χ1) is 17.0. The summed E-state index contributed by atoms with van der Waals surface area (Å²) in [6.45, 7) is 9.86. The molecule has 2 saturated heterocycles. The van der Waals surface area contributed by atoms with E-state index in [-0.39, 0.29) is 22.8 Å². The van der Waals surface area contributed by atoms with E-state index in [1.165, 1.54) is 11.8 Å². The number of anilines is 4. The third-order valence-corrected chi connectivity index (χ3v) is 7.28. The minimum Gasteiger partial charge on any atom is -0.378 e. The number of morpholine rings is 2. The van der Waals surface area contributed by atoms with Gasteiger partial charge >= 0.3 is 0 Å². The Balaban J connectivity index is 1.38. The van der Waals surface area contributed by atoms with E-state index in [9.17, 15) is 9.59 Å². The Morgan fingerprint density at radius 1 is 0.914 bits per heavy atom. The largest absolute Gasteiger partial charge is 0.378 e. The topological polar surface area (TPSA) is 83.1 Å². The molecular weight excluding hydrogens is 464 g/mol. The second-order valence-corrected chi connectivity index (χ2v) is 10.1. The monoisotopic (exact) mass is 498 g/mol. The van der Waals surface area contributed by atoms with Crippen LogP contribution in [0.2, 0.25) is 0 Å². The van der Waals surface area contributed by atoms with Crippen LogP contribution in [0, 0.1) is 6.92 Å². The van der Waals surface area contributed by atoms with E-state index in [0.717, 1.165) is 67.7 Å². The lowest BCUT2D eigenvalue weighted by molar-refractivity contribution is -0.115. The zero-order valence-electron chi connectivity index (χ0n) is 20.4. The standard InChI is InChI=1S/C26H34N4O4S/c1-19-3-5-21(6-4-19)27-25(31)18-35-20(2)26(32)28-23-8-7-22(29-9-13-33-14-10-29)17-24(23)30-11-15-34-16-12-30/h3-8,17,20H,9-16,18H2,1-2H3,(H,27,31)(H,28,32). The van der Waals surface area contributed by atoms with Crippen LogP contribution in [0.3, 0.4) is 0 Å². The number of nitrogens with one attached hydrogen (secondary N) is 2. The first-order valence-corrected chi connectivity index (χ1v) is 13.1. The normalized spacial score (nSPS) is 17.1. The third-order valence-electron chi connectivity index (χ3n) is 6.14. The number of ether oxygens (including phenoxy) is 2. The van der Waals surface area contributed by atoms with Gasteiger partial charge in [-0.2, -0.15) is 0 Å². The molecule has 2 aromatic rings. The van der Waals surface area contributed by atoms with E-state index in [1.54, 1.807) is 0 Å². The lowest BCUT2D eigenvalue weighted by Crippen LogP contribution is -2.38. The van der Waals surface area contributed by atoms with Crippen molar-refractivity contribution in [2.75, 3.05) is 78.8 Å². The number of rotatable bonds is 8. The fraction of sp³-hybridized carbons (Fsp3) is 0.462. The van der Waals surface area contributed by atoms with Crippen molar-refractivity contribution in [2.24, 2.45) is 0 Å². The number of aryl methyl sites for hydroxylation is 1. The van der Waals surface area contributed by atoms with Crippen LogP contribution in [-0.4, -0.2) is 75.4 Å². The summed E-state index contributed by atoms with van der Waals surface area (Å²) < 4.78 is 11.0. The minimum atomic E-state index is -0.379. The molecule has 2 aliphatic rings. The SMILES string of the molecule is Cc1ccc(NC(=O)CSC(C)C(=O)Nc2ccc(N3CCOCC3)cc2N2CCOCC2)cc1. The summed E-state index contributed by atoms with van der Waals surface area (Å²) in [7, 11) is 0. The molecule has 0 bridgehead atoms. The number of benzene rings is 2. The van der Waals surface area contributed by atoms with Gasteiger partial charge in [-0.25, -0.2) is 0 Å². The van der Waals surface area contributed by atoms with Crippen LogP contribution < -0.4 is 20.4 Å². The van der Waals surface area contributed by atoms with Gasteiger partial charge in [0, 0.05) is 37.6 Å². The lowest BCUT2D eigenvalue weighted by Gasteiger charge is -2.33. The van der Waals surface area contributed by atoms with Crippen LogP contribution >= 0.6 is 11.8 Å². The highest BCUT2D eigenvalue weighted by molar-refractivity contribution is 8.01. The lowest BCUT2D eigenvalue weighted by atomic mass is 10.1. The molecule has 0 aliphatic carbocycles. The number of thioether (sulfide) groups is 1. The van der Waals surface area contributed by atoms with Gasteiger partial charge in [-0.15, -0.1) is 11.8 Å². The molecule has 0 aromatic heterocycles. The Hall–Kier alpha value is -2.75. The highest BCUT2D eigenvalue weighted by Crippen LogP contribution is 2.32. The quantitative estimate of drug-likeness (QED) is 0.577. The highest BCUT2D eigenvalue weighted by Gasteiger charge is 2.22. The van der Waals surface area contributed by atoms with Gasteiger partial charge in [0.2, 0.25) is 11.8 Å². The van der Waals surface area contributed by atoms with Crippen molar-refractivity contribution < 1.29 is 19.1 Å². The van der Waals surface area contributed by atoms with Gasteiger partial charge in [-0.1, -0.05) is 17.7 Å². The molecule has 2 heterocycles. The molecule has 188 valence electrons. The molecule has 8 nitrogen and oxygen atoms in total. The summed E-state index contributed by atoms with van der Waals surface area (Å²) in [5.74, 6) is -0.0384. The van der Waals surface area contributed by atoms with Gasteiger partial charge in [0.25, 0.3) is 0 Å². The molecule has 1 atom stereocenters. The summed E-state index contributed by atoms with van der Waals surface area (Å²) in [6.07, 6.45) is 0. The van der Waals surface area contributed by atoms with Gasteiger partial charge in [0.15, 0.2) is 0 Å². The van der Waals surface area contributed by atoms with Crippen LogP contribution in [0.25, 0.3) is 0 Å². The Labute approximate surface area is 211 Å². The molecule has 9 heteroatoms. The molecular formula is C26H34N4O4S. The van der Waals surface area contributed by atoms with Crippen LogP contribution in [-0.2, 0) is 19.1 Å². The second kappa shape index (κ2) is 12.3. The number of hydrogen-bond acceptors (Lipinski definition) is 7. The number of amides is 2. The smallest absolute Gasteiger partial charge is 0.237 e. The second-order valence-electron chi connectivity index (χ2n) is 8.76. The Kier molecular flexibility index (Phi) is 8.90. The Morgan fingerprint density at radius 2 is 1.54 bits per heavy atom. The summed E-state index contributed by atoms with van der Waals surface area (Å²) in [6, 6.07) is 13.8. The van der Waals surface area contributed by atoms with Crippen LogP contribution in [0.1, 0.15) is 12.5 Å². The van der Waals surface area contributed by atoms with E-state index < -0.39 is 0 Å². The van der Waals surface area contributed by atoms with Gasteiger partial charge in [0.05, 0.1) is 48.8 Å². The molecule has 2 fully saturated rings. The van der Waals surface area contributed by atoms with Gasteiger partial charge in [0.1, 0.15) is 0 Å². The van der Waals surface area contributed by atoms with E-state index in [4.69, 9.17) is 9.47 Å². The number of carbonyl (C=O) groups is 2. The molecule has 2 N–H and O–H groups in total. The van der Waals surface area contributed by atoms with Gasteiger partial charge < -0.3 is 29.9 Å². The first-order valence-electron chi connectivity index (χ1n) is 12.1. The molecule has 0 saturated carbocycles. The average Bonchev–Trinajstić information content (AvgIpc) is 2.90. The fourth-order valence-corrected chi connectivity index (χ4v) is 4.74. The predicted molar refractivity (Wildman–Crippen MR) is 143 cm³/mol. The minimum absolute atomic E-state index is 0.119. The van der Waals surface area contributed by atoms with Gasteiger partial charge in [-0.05, 0) is 44.2 Å². The van der Waals surface area contributed by atoms with Crippen molar-refractivity contribution in [3.05, 3.63) is 48.0 Å². The summed E-state index contributed by atoms with van der Waals surface area (Å²) in [5, 5.41) is 5.60. The summed E-state index contributed by atoms with van der Waals surface area (Å²) in [5.41, 5.74) is 4.80. The van der Waals surface area contributed by atoms with Crippen molar-refractivity contribution in [2.45, 2.75) is 19.1 Å². The molecule has 2 amide bonds. The van der Waals surface area contributed by atoms with Crippen LogP contribution in [0.4, 0.5) is 22.7 Å². The highest BCUT2D eigenvalue weighted by atomic mass is 32.2. The van der Waals surface area contributed by atoms with E-state index in [0.29, 0.717) is 13.2 Å². The molecule has 1 unspecified atom stereocenters. The Morgan fingerprint density at radius 3 is 2.20 bits per heavy atom. The van der Waals surface area contributed by atoms with Crippen LogP contribution in [0.15, 0.2) is 42.5 Å². The van der Waals surface area contributed by atoms with Gasteiger partial charge in [-0.3, -0.25) is 9.59 Å². The number of nitrogens with zero attached hydrogens (tertiary/aromatic N) is 2. The van der Waals surface area contributed by atoms with Crippen molar-refractivity contribution >= 4 is 46.3 Å². The van der Waals surface area contributed by atoms with E-state index in [2.05, 4.69) is 32.6 Å². The van der Waals surface area contributed by atoms with Crippen molar-refractivity contribution in [3.63, 3.8) is 0 Å². The maximum absolute atomic E-state index is 13.0. The maximum Gasteiger partial charge on any atom is 0.237 e. The number of hydrogen-bond donors (Lipinski definition) is 2. The molecule has 4 rings (SSSR count). The molecule has 2 aromatic carbocycles. The maximum atomic E-state index is 13.0. The number of carbonyl (C=O) groups excluding carboxylic acids is 2. The molecule has 35 heavy (non-hydrogen) atoms. The van der Waals surface area contributed by atoms with Crippen molar-refractivity contribution in [3.8, 4) is 0 Å². The Bertz CT molecular complexity index is 1000. The first kappa shape index (κ1) is 25.3. The molecule has 0 spiro atoms. The van der Waals surface area contributed by atoms with Crippen molar-refractivity contribution in [1.29, 1.82) is 0 Å². The predicted octanol–water partition coefficient (Wildman–Crippen LogP) is 3.37. The fourth-order valence-electron chi connectivity index (χ4n) is 4.05. The average molecular weight is 499 g/mol. The van der Waals surface area contributed by atoms with E-state index >= 15 is 0 Å². The van der Waals surface area contributed by atoms with E-state index in [1.807, 2.05) is 44.2 Å². The summed E-state index contributed by atoms with van der Waals surface area (Å²) >= 11 is 1.32. The van der Waals surface area contributed by atoms with Crippen LogP contribution in [0.5, 0.6) is 0 Å². The molecule has 0 radical (unpaired) electrons. The third kappa shape index (κ3) is 7.13.